The second-order valence-electron chi connectivity index (χ2n) is 9.80. The van der Waals surface area contributed by atoms with Crippen LogP contribution < -0.4 is 5.32 Å². The molecular formula is C28H34N2O5. The van der Waals surface area contributed by atoms with Crippen molar-refractivity contribution in [1.29, 1.82) is 0 Å². The minimum atomic E-state index is -0.852. The van der Waals surface area contributed by atoms with Gasteiger partial charge in [0.05, 0.1) is 0 Å². The van der Waals surface area contributed by atoms with E-state index < -0.39 is 12.1 Å². The van der Waals surface area contributed by atoms with Crippen LogP contribution in [0.3, 0.4) is 0 Å². The molecule has 2 atom stereocenters. The minimum Gasteiger partial charge on any atom is -0.481 e. The second-order valence-corrected chi connectivity index (χ2v) is 9.80. The summed E-state index contributed by atoms with van der Waals surface area (Å²) in [7, 11) is 0. The molecule has 2 aliphatic rings. The summed E-state index contributed by atoms with van der Waals surface area (Å²) in [6, 6.07) is 16.4. The van der Waals surface area contributed by atoms with Crippen molar-refractivity contribution >= 4 is 18.0 Å². The lowest BCUT2D eigenvalue weighted by Gasteiger charge is -2.29. The molecular weight excluding hydrogens is 444 g/mol. The summed E-state index contributed by atoms with van der Waals surface area (Å²) in [4.78, 5) is 38.3. The fraction of sp³-hybridized carbons (Fsp3) is 0.464. The summed E-state index contributed by atoms with van der Waals surface area (Å²) in [6.07, 6.45) is 2.04. The van der Waals surface area contributed by atoms with Crippen molar-refractivity contribution < 1.29 is 24.2 Å². The van der Waals surface area contributed by atoms with Crippen LogP contribution in [-0.2, 0) is 14.3 Å². The Balaban J connectivity index is 1.29. The summed E-state index contributed by atoms with van der Waals surface area (Å²) >= 11 is 0. The number of carbonyl (C=O) groups is 3. The van der Waals surface area contributed by atoms with E-state index in [2.05, 4.69) is 29.6 Å². The first kappa shape index (κ1) is 24.8. The number of amides is 2. The summed E-state index contributed by atoms with van der Waals surface area (Å²) in [6.45, 7) is 4.59. The van der Waals surface area contributed by atoms with Crippen molar-refractivity contribution in [2.75, 3.05) is 13.2 Å². The van der Waals surface area contributed by atoms with Crippen LogP contribution in [0.5, 0.6) is 0 Å². The van der Waals surface area contributed by atoms with E-state index in [1.54, 1.807) is 4.90 Å². The van der Waals surface area contributed by atoms with Crippen molar-refractivity contribution in [3.63, 3.8) is 0 Å². The van der Waals surface area contributed by atoms with Crippen molar-refractivity contribution in [3.8, 4) is 11.1 Å². The molecule has 4 rings (SSSR count). The average molecular weight is 479 g/mol. The highest BCUT2D eigenvalue weighted by Crippen LogP contribution is 2.44. The Labute approximate surface area is 206 Å². The predicted molar refractivity (Wildman–Crippen MR) is 133 cm³/mol. The number of aliphatic carboxylic acids is 1. The molecule has 1 fully saturated rings. The van der Waals surface area contributed by atoms with E-state index >= 15 is 0 Å². The van der Waals surface area contributed by atoms with Crippen LogP contribution in [-0.4, -0.2) is 53.2 Å². The molecule has 0 spiro atoms. The maximum absolute atomic E-state index is 13.1. The van der Waals surface area contributed by atoms with Crippen molar-refractivity contribution in [2.24, 2.45) is 5.92 Å². The first-order chi connectivity index (χ1) is 16.8. The molecule has 186 valence electrons. The van der Waals surface area contributed by atoms with Crippen LogP contribution in [0.1, 0.15) is 63.0 Å². The fourth-order valence-electron chi connectivity index (χ4n) is 5.40. The topological polar surface area (TPSA) is 95.9 Å². The molecule has 2 N–H and O–H groups in total. The Morgan fingerprint density at radius 3 is 2.26 bits per heavy atom. The van der Waals surface area contributed by atoms with Gasteiger partial charge in [-0.15, -0.1) is 0 Å². The molecule has 7 heteroatoms. The number of nitrogens with zero attached hydrogens (tertiary/aromatic N) is 1. The SMILES string of the molecule is CC(C)N(CCCC(=O)O)C(=O)[C@@H]1CC[C@H](NC(=O)OCC2c3ccccc3-c3ccccc32)C1. The maximum Gasteiger partial charge on any atom is 0.407 e. The number of ether oxygens (including phenoxy) is 1. The van der Waals surface area contributed by atoms with Crippen molar-refractivity contribution in [1.82, 2.24) is 10.2 Å². The Bertz CT molecular complexity index is 1040. The Morgan fingerprint density at radius 2 is 1.66 bits per heavy atom. The van der Waals surface area contributed by atoms with Gasteiger partial charge in [-0.25, -0.2) is 4.79 Å². The fourth-order valence-corrected chi connectivity index (χ4v) is 5.40. The molecule has 2 aromatic rings. The minimum absolute atomic E-state index is 0.00503. The zero-order valence-corrected chi connectivity index (χ0v) is 20.4. The molecule has 0 radical (unpaired) electrons. The van der Waals surface area contributed by atoms with Crippen LogP contribution in [0.2, 0.25) is 0 Å². The number of hydrogen-bond acceptors (Lipinski definition) is 4. The monoisotopic (exact) mass is 478 g/mol. The van der Waals surface area contributed by atoms with Gasteiger partial charge in [0.1, 0.15) is 6.61 Å². The molecule has 7 nitrogen and oxygen atoms in total. The third-order valence-electron chi connectivity index (χ3n) is 7.14. The molecule has 2 aliphatic carbocycles. The van der Waals surface area contributed by atoms with E-state index in [0.717, 1.165) is 6.42 Å². The van der Waals surface area contributed by atoms with Crippen LogP contribution in [0.15, 0.2) is 48.5 Å². The lowest BCUT2D eigenvalue weighted by atomic mass is 9.98. The highest BCUT2D eigenvalue weighted by Gasteiger charge is 2.35. The van der Waals surface area contributed by atoms with Gasteiger partial charge in [0.2, 0.25) is 5.91 Å². The third-order valence-corrected chi connectivity index (χ3v) is 7.14. The summed E-state index contributed by atoms with van der Waals surface area (Å²) in [5.41, 5.74) is 4.72. The van der Waals surface area contributed by atoms with E-state index in [1.807, 2.05) is 38.1 Å². The number of carbonyl (C=O) groups excluding carboxylic acids is 2. The van der Waals surface area contributed by atoms with Gasteiger partial charge in [-0.1, -0.05) is 48.5 Å². The van der Waals surface area contributed by atoms with Crippen molar-refractivity contribution in [2.45, 2.75) is 64.0 Å². The number of hydrogen-bond donors (Lipinski definition) is 2. The molecule has 2 amide bonds. The molecule has 0 heterocycles. The lowest BCUT2D eigenvalue weighted by molar-refractivity contribution is -0.140. The molecule has 35 heavy (non-hydrogen) atoms. The normalized spacial score (nSPS) is 18.7. The zero-order chi connectivity index (χ0) is 24.9. The zero-order valence-electron chi connectivity index (χ0n) is 20.4. The summed E-state index contributed by atoms with van der Waals surface area (Å²) in [5.74, 6) is -0.964. The largest absolute Gasteiger partial charge is 0.481 e. The molecule has 2 aromatic carbocycles. The third kappa shape index (κ3) is 5.66. The molecule has 0 aromatic heterocycles. The first-order valence-electron chi connectivity index (χ1n) is 12.5. The maximum atomic E-state index is 13.1. The summed E-state index contributed by atoms with van der Waals surface area (Å²) < 4.78 is 5.66. The van der Waals surface area contributed by atoms with Gasteiger partial charge in [-0.05, 0) is 61.8 Å². The number of nitrogens with one attached hydrogen (secondary N) is 1. The van der Waals surface area contributed by atoms with Gasteiger partial charge in [0, 0.05) is 36.9 Å². The molecule has 0 bridgehead atoms. The molecule has 1 saturated carbocycles. The van der Waals surface area contributed by atoms with Crippen LogP contribution in [0.4, 0.5) is 4.79 Å². The number of benzene rings is 2. The van der Waals surface area contributed by atoms with E-state index in [9.17, 15) is 14.4 Å². The average Bonchev–Trinajstić information content (AvgIpc) is 3.42. The number of alkyl carbamates (subject to hydrolysis) is 1. The Kier molecular flexibility index (Phi) is 7.73. The van der Waals surface area contributed by atoms with Crippen LogP contribution in [0.25, 0.3) is 11.1 Å². The van der Waals surface area contributed by atoms with Crippen LogP contribution >= 0.6 is 0 Å². The number of carboxylic acid groups (broad SMARTS) is 1. The number of carboxylic acids is 1. The van der Waals surface area contributed by atoms with E-state index in [-0.39, 0.29) is 42.9 Å². The second kappa shape index (κ2) is 10.9. The smallest absolute Gasteiger partial charge is 0.407 e. The van der Waals surface area contributed by atoms with E-state index in [0.29, 0.717) is 25.8 Å². The number of rotatable bonds is 9. The lowest BCUT2D eigenvalue weighted by Crippen LogP contribution is -2.42. The molecule has 0 saturated heterocycles. The van der Waals surface area contributed by atoms with Gasteiger partial charge in [-0.2, -0.15) is 0 Å². The highest BCUT2D eigenvalue weighted by atomic mass is 16.5. The van der Waals surface area contributed by atoms with Gasteiger partial charge >= 0.3 is 12.1 Å². The van der Waals surface area contributed by atoms with Crippen LogP contribution in [0, 0.1) is 5.92 Å². The van der Waals surface area contributed by atoms with Crippen molar-refractivity contribution in [3.05, 3.63) is 59.7 Å². The summed E-state index contributed by atoms with van der Waals surface area (Å²) in [5, 5.41) is 11.8. The Morgan fingerprint density at radius 1 is 1.03 bits per heavy atom. The van der Waals surface area contributed by atoms with Gasteiger partial charge in [0.25, 0.3) is 0 Å². The highest BCUT2D eigenvalue weighted by molar-refractivity contribution is 5.80. The standard InChI is InChI=1S/C28H34N2O5/c1-18(2)30(15-7-12-26(31)32)27(33)19-13-14-20(16-19)29-28(34)35-17-25-23-10-5-3-8-21(23)22-9-4-6-11-24(22)25/h3-6,8-11,18-20,25H,7,12-17H2,1-2H3,(H,29,34)(H,31,32)/t19-,20+/m1/s1. The van der Waals surface area contributed by atoms with Gasteiger partial charge in [0.15, 0.2) is 0 Å². The molecule has 0 unspecified atom stereocenters. The first-order valence-corrected chi connectivity index (χ1v) is 12.5. The number of fused-ring (bicyclic) bond motifs is 3. The Hall–Kier alpha value is -3.35. The molecule has 0 aliphatic heterocycles. The van der Waals surface area contributed by atoms with Gasteiger partial charge in [-0.3, -0.25) is 9.59 Å². The van der Waals surface area contributed by atoms with E-state index in [1.165, 1.54) is 22.3 Å². The van der Waals surface area contributed by atoms with E-state index in [4.69, 9.17) is 9.84 Å². The predicted octanol–water partition coefficient (Wildman–Crippen LogP) is 4.80. The quantitative estimate of drug-likeness (QED) is 0.540. The van der Waals surface area contributed by atoms with Gasteiger partial charge < -0.3 is 20.1 Å².